The average molecular weight is 297 g/mol. The second-order valence-electron chi connectivity index (χ2n) is 3.54. The summed E-state index contributed by atoms with van der Waals surface area (Å²) in [7, 11) is 1.98. The second-order valence-corrected chi connectivity index (χ2v) is 6.03. The number of pyridine rings is 1. The van der Waals surface area contributed by atoms with Gasteiger partial charge in [-0.25, -0.2) is 0 Å². The topological polar surface area (TPSA) is 24.9 Å². The normalized spacial score (nSPS) is 12.6. The first-order valence-electron chi connectivity index (χ1n) is 5.11. The van der Waals surface area contributed by atoms with E-state index in [0.717, 1.165) is 6.54 Å². The van der Waals surface area contributed by atoms with Gasteiger partial charge >= 0.3 is 0 Å². The van der Waals surface area contributed by atoms with Crippen molar-refractivity contribution in [2.45, 2.75) is 5.92 Å². The molecule has 2 heterocycles. The number of hydrogen-bond donors (Lipinski definition) is 1. The first-order valence-corrected chi connectivity index (χ1v) is 6.72. The van der Waals surface area contributed by atoms with E-state index in [1.165, 1.54) is 14.2 Å². The smallest absolute Gasteiger partial charge is 0.0701 e. The minimum atomic E-state index is 0.384. The fraction of sp³-hybridized carbons (Fsp3) is 0.250. The van der Waals surface area contributed by atoms with Crippen molar-refractivity contribution in [1.82, 2.24) is 10.3 Å². The quantitative estimate of drug-likeness (QED) is 0.937. The van der Waals surface area contributed by atoms with Gasteiger partial charge in [-0.2, -0.15) is 0 Å². The fourth-order valence-corrected chi connectivity index (χ4v) is 3.24. The Hall–Kier alpha value is -0.710. The third-order valence-electron chi connectivity index (χ3n) is 2.43. The van der Waals surface area contributed by atoms with Gasteiger partial charge in [0.15, 0.2) is 0 Å². The molecule has 1 N–H and O–H groups in total. The van der Waals surface area contributed by atoms with Gasteiger partial charge in [-0.3, -0.25) is 4.98 Å². The van der Waals surface area contributed by atoms with Gasteiger partial charge in [0.25, 0.3) is 0 Å². The zero-order valence-electron chi connectivity index (χ0n) is 8.98. The summed E-state index contributed by atoms with van der Waals surface area (Å²) in [4.78, 5) is 5.54. The van der Waals surface area contributed by atoms with Crippen LogP contribution in [0.25, 0.3) is 0 Å². The molecule has 2 nitrogen and oxygen atoms in total. The van der Waals surface area contributed by atoms with E-state index in [4.69, 9.17) is 0 Å². The van der Waals surface area contributed by atoms with Crippen LogP contribution in [0.5, 0.6) is 0 Å². The fourth-order valence-electron chi connectivity index (χ4n) is 1.68. The molecule has 0 saturated carbocycles. The Labute approximate surface area is 108 Å². The first kappa shape index (κ1) is 11.8. The van der Waals surface area contributed by atoms with Crippen LogP contribution in [0.4, 0.5) is 0 Å². The summed E-state index contributed by atoms with van der Waals surface area (Å²) in [6.07, 6.45) is 3.75. The Morgan fingerprint density at radius 1 is 1.44 bits per heavy atom. The molecule has 0 bridgehead atoms. The molecule has 1 atom stereocenters. The summed E-state index contributed by atoms with van der Waals surface area (Å²) in [6.45, 7) is 0.929. The maximum absolute atomic E-state index is 4.19. The number of hydrogen-bond acceptors (Lipinski definition) is 3. The van der Waals surface area contributed by atoms with Gasteiger partial charge in [0.05, 0.1) is 3.79 Å². The average Bonchev–Trinajstić information content (AvgIpc) is 2.74. The maximum Gasteiger partial charge on any atom is 0.0701 e. The molecule has 0 aliphatic heterocycles. The van der Waals surface area contributed by atoms with Gasteiger partial charge in [-0.1, -0.05) is 6.07 Å². The highest BCUT2D eigenvalue weighted by Gasteiger charge is 2.15. The van der Waals surface area contributed by atoms with Crippen LogP contribution >= 0.6 is 27.3 Å². The molecule has 0 aliphatic carbocycles. The zero-order chi connectivity index (χ0) is 11.4. The molecule has 16 heavy (non-hydrogen) atoms. The minimum Gasteiger partial charge on any atom is -0.319 e. The van der Waals surface area contributed by atoms with E-state index in [-0.39, 0.29) is 0 Å². The number of nitrogens with zero attached hydrogens (tertiary/aromatic N) is 1. The lowest BCUT2D eigenvalue weighted by Crippen LogP contribution is -2.17. The van der Waals surface area contributed by atoms with E-state index >= 15 is 0 Å². The van der Waals surface area contributed by atoms with Gasteiger partial charge in [-0.05, 0) is 46.7 Å². The van der Waals surface area contributed by atoms with Crippen LogP contribution in [0.2, 0.25) is 0 Å². The molecule has 0 fully saturated rings. The number of rotatable bonds is 4. The molecule has 0 aromatic carbocycles. The summed E-state index contributed by atoms with van der Waals surface area (Å²) in [5, 5.41) is 3.24. The third-order valence-corrected chi connectivity index (χ3v) is 4.17. The lowest BCUT2D eigenvalue weighted by molar-refractivity contribution is 0.715. The van der Waals surface area contributed by atoms with Crippen molar-refractivity contribution in [2.24, 2.45) is 0 Å². The lowest BCUT2D eigenvalue weighted by atomic mass is 9.99. The van der Waals surface area contributed by atoms with E-state index in [0.29, 0.717) is 5.92 Å². The molecule has 2 rings (SSSR count). The molecule has 0 spiro atoms. The Morgan fingerprint density at radius 3 is 2.88 bits per heavy atom. The Balaban J connectivity index is 2.31. The van der Waals surface area contributed by atoms with Crippen molar-refractivity contribution in [1.29, 1.82) is 0 Å². The van der Waals surface area contributed by atoms with Gasteiger partial charge in [0.1, 0.15) is 0 Å². The number of aromatic nitrogens is 1. The Kier molecular flexibility index (Phi) is 4.09. The number of nitrogens with one attached hydrogen (secondary N) is 1. The molecule has 0 radical (unpaired) electrons. The van der Waals surface area contributed by atoms with Crippen molar-refractivity contribution in [3.05, 3.63) is 50.9 Å². The summed E-state index contributed by atoms with van der Waals surface area (Å²) < 4.78 is 1.17. The van der Waals surface area contributed by atoms with Crippen LogP contribution in [0.3, 0.4) is 0 Å². The molecule has 84 valence electrons. The van der Waals surface area contributed by atoms with Gasteiger partial charge in [0.2, 0.25) is 0 Å². The SMILES string of the molecule is CNCC(c1cccnc1)c1ccc(Br)s1. The Morgan fingerprint density at radius 2 is 2.31 bits per heavy atom. The van der Waals surface area contributed by atoms with E-state index in [2.05, 4.69) is 44.4 Å². The van der Waals surface area contributed by atoms with Gasteiger partial charge in [0, 0.05) is 29.7 Å². The van der Waals surface area contributed by atoms with Gasteiger partial charge in [-0.15, -0.1) is 11.3 Å². The van der Waals surface area contributed by atoms with Crippen molar-refractivity contribution >= 4 is 27.3 Å². The monoisotopic (exact) mass is 296 g/mol. The number of thiophene rings is 1. The maximum atomic E-state index is 4.19. The number of likely N-dealkylation sites (N-methyl/N-ethyl adjacent to an activating group) is 1. The second kappa shape index (κ2) is 5.57. The van der Waals surface area contributed by atoms with Crippen LogP contribution < -0.4 is 5.32 Å². The van der Waals surface area contributed by atoms with Crippen LogP contribution in [0.1, 0.15) is 16.4 Å². The molecule has 4 heteroatoms. The van der Waals surface area contributed by atoms with Crippen LogP contribution in [-0.4, -0.2) is 18.6 Å². The van der Waals surface area contributed by atoms with Crippen LogP contribution in [0, 0.1) is 0 Å². The van der Waals surface area contributed by atoms with E-state index in [1.54, 1.807) is 11.3 Å². The Bertz CT molecular complexity index is 441. The molecule has 0 aliphatic rings. The van der Waals surface area contributed by atoms with Crippen molar-refractivity contribution in [2.75, 3.05) is 13.6 Å². The summed E-state index contributed by atoms with van der Waals surface area (Å²) in [5.41, 5.74) is 1.26. The highest BCUT2D eigenvalue weighted by atomic mass is 79.9. The standard InChI is InChI=1S/C12H13BrN2S/c1-14-8-10(9-3-2-6-15-7-9)11-4-5-12(13)16-11/h2-7,10,14H,8H2,1H3. The molecular weight excluding hydrogens is 284 g/mol. The van der Waals surface area contributed by atoms with E-state index in [9.17, 15) is 0 Å². The predicted molar refractivity (Wildman–Crippen MR) is 72.0 cm³/mol. The van der Waals surface area contributed by atoms with Crippen molar-refractivity contribution in [3.8, 4) is 0 Å². The molecule has 2 aromatic rings. The summed E-state index contributed by atoms with van der Waals surface area (Å²) >= 11 is 5.29. The zero-order valence-corrected chi connectivity index (χ0v) is 11.4. The van der Waals surface area contributed by atoms with E-state index in [1.807, 2.05) is 25.5 Å². The van der Waals surface area contributed by atoms with Crippen LogP contribution in [0.15, 0.2) is 40.4 Å². The minimum absolute atomic E-state index is 0.384. The largest absolute Gasteiger partial charge is 0.319 e. The summed E-state index contributed by atoms with van der Waals surface area (Å²) in [5.74, 6) is 0.384. The van der Waals surface area contributed by atoms with Crippen molar-refractivity contribution < 1.29 is 0 Å². The summed E-state index contributed by atoms with van der Waals surface area (Å²) in [6, 6.07) is 8.38. The molecule has 1 unspecified atom stereocenters. The van der Waals surface area contributed by atoms with Gasteiger partial charge < -0.3 is 5.32 Å². The molecule has 0 saturated heterocycles. The lowest BCUT2D eigenvalue weighted by Gasteiger charge is -2.14. The molecular formula is C12H13BrN2S. The highest BCUT2D eigenvalue weighted by molar-refractivity contribution is 9.11. The van der Waals surface area contributed by atoms with E-state index < -0.39 is 0 Å². The molecule has 2 aromatic heterocycles. The highest BCUT2D eigenvalue weighted by Crippen LogP contribution is 2.32. The third kappa shape index (κ3) is 2.70. The van der Waals surface area contributed by atoms with Crippen LogP contribution in [-0.2, 0) is 0 Å². The predicted octanol–water partition coefficient (Wildman–Crippen LogP) is 3.26. The van der Waals surface area contributed by atoms with Crippen molar-refractivity contribution in [3.63, 3.8) is 0 Å². The molecule has 0 amide bonds. The first-order chi connectivity index (χ1) is 7.81. The number of halogens is 1.